The maximum absolute atomic E-state index is 8.00. The lowest BCUT2D eigenvalue weighted by atomic mass is 9.96. The molecule has 0 radical (unpaired) electrons. The first-order chi connectivity index (χ1) is 12.5. The van der Waals surface area contributed by atoms with Crippen LogP contribution in [-0.4, -0.2) is 31.6 Å². The van der Waals surface area contributed by atoms with Crippen LogP contribution < -0.4 is 0 Å². The summed E-state index contributed by atoms with van der Waals surface area (Å²) in [4.78, 5) is 18.4. The molecule has 3 nitrogen and oxygen atoms in total. The van der Waals surface area contributed by atoms with Crippen molar-refractivity contribution in [2.45, 2.75) is 68.9 Å². The van der Waals surface area contributed by atoms with E-state index in [9.17, 15) is 0 Å². The molecule has 0 unspecified atom stereocenters. The molecule has 0 fully saturated rings. The zero-order valence-electron chi connectivity index (χ0n) is 19.0. The molecule has 0 aliphatic heterocycles. The van der Waals surface area contributed by atoms with E-state index in [0.29, 0.717) is 5.41 Å². The van der Waals surface area contributed by atoms with Gasteiger partial charge in [-0.25, -0.2) is 0 Å². The molecule has 1 rings (SSSR count). The Morgan fingerprint density at radius 1 is 0.846 bits per heavy atom. The molecule has 1 aromatic rings. The highest BCUT2D eigenvalue weighted by atomic mass is 16.1. The summed E-state index contributed by atoms with van der Waals surface area (Å²) in [6.45, 7) is 29.7. The van der Waals surface area contributed by atoms with E-state index in [2.05, 4.69) is 62.6 Å². The largest absolute Gasteiger partial charge is 0.307 e. The molecule has 154 valence electrons. The third kappa shape index (κ3) is 30.2. The van der Waals surface area contributed by atoms with Crippen molar-refractivity contribution in [3.63, 3.8) is 0 Å². The van der Waals surface area contributed by atoms with Crippen molar-refractivity contribution in [1.29, 1.82) is 0 Å². The predicted octanol–water partition coefficient (Wildman–Crippen LogP) is 6.43. The third-order valence-corrected chi connectivity index (χ3v) is 2.33. The molecule has 0 spiro atoms. The van der Waals surface area contributed by atoms with Crippen molar-refractivity contribution in [1.82, 2.24) is 4.90 Å². The van der Waals surface area contributed by atoms with Crippen molar-refractivity contribution in [3.05, 3.63) is 48.6 Å². The van der Waals surface area contributed by atoms with Crippen LogP contribution in [0.2, 0.25) is 0 Å². The minimum Gasteiger partial charge on any atom is -0.307 e. The molecule has 0 aliphatic rings. The van der Waals surface area contributed by atoms with Gasteiger partial charge in [-0.3, -0.25) is 4.90 Å². The summed E-state index contributed by atoms with van der Waals surface area (Å²) in [6, 6.07) is 10.6. The lowest BCUT2D eigenvalue weighted by Gasteiger charge is -2.29. The minimum absolute atomic E-state index is 0.331. The lowest BCUT2D eigenvalue weighted by Crippen LogP contribution is -2.32. The maximum atomic E-state index is 8.00. The van der Waals surface area contributed by atoms with Gasteiger partial charge in [0, 0.05) is 19.6 Å². The van der Waals surface area contributed by atoms with Gasteiger partial charge in [0.25, 0.3) is 0 Å². The standard InChI is InChI=1S/C15H23N.3C2H6.2CH2O/c1-5-11-16(13-15(2,3)4)12-14-9-7-6-8-10-14;5*1-2/h5-10H,1,11-13H2,2-4H3;3*1-2H3;2*1H2. The first kappa shape index (κ1) is 35.4. The van der Waals surface area contributed by atoms with Crippen LogP contribution in [0.4, 0.5) is 0 Å². The zero-order valence-corrected chi connectivity index (χ0v) is 19.0. The maximum Gasteiger partial charge on any atom is 0.106 e. The molecule has 0 heterocycles. The number of carbonyl (C=O) groups is 2. The SMILES string of the molecule is C=CCN(Cc1ccccc1)CC(C)(C)C.C=O.C=O.CC.CC.CC. The Bertz CT molecular complexity index is 343. The van der Waals surface area contributed by atoms with Crippen molar-refractivity contribution in [2.75, 3.05) is 13.1 Å². The average Bonchev–Trinajstić information content (AvgIpc) is 2.69. The quantitative estimate of drug-likeness (QED) is 0.563. The van der Waals surface area contributed by atoms with Gasteiger partial charge in [0.15, 0.2) is 0 Å². The van der Waals surface area contributed by atoms with Gasteiger partial charge in [0.2, 0.25) is 0 Å². The third-order valence-electron chi connectivity index (χ3n) is 2.33. The molecular formula is C23H45NO2. The van der Waals surface area contributed by atoms with Crippen LogP contribution in [0.25, 0.3) is 0 Å². The molecular weight excluding hydrogens is 322 g/mol. The molecule has 0 saturated heterocycles. The Kier molecular flexibility index (Phi) is 42.3. The summed E-state index contributed by atoms with van der Waals surface area (Å²) >= 11 is 0. The fourth-order valence-electron chi connectivity index (χ4n) is 1.88. The van der Waals surface area contributed by atoms with Crippen LogP contribution in [0, 0.1) is 5.41 Å². The number of carbonyl (C=O) groups excluding carboxylic acids is 2. The highest BCUT2D eigenvalue weighted by Crippen LogP contribution is 2.17. The van der Waals surface area contributed by atoms with Crippen LogP contribution in [0.1, 0.15) is 67.9 Å². The summed E-state index contributed by atoms with van der Waals surface area (Å²) < 4.78 is 0. The molecule has 3 heteroatoms. The first-order valence-corrected chi connectivity index (χ1v) is 9.46. The van der Waals surface area contributed by atoms with E-state index in [1.54, 1.807) is 0 Å². The van der Waals surface area contributed by atoms with E-state index in [4.69, 9.17) is 9.59 Å². The molecule has 26 heavy (non-hydrogen) atoms. The number of hydrogen-bond acceptors (Lipinski definition) is 3. The second-order valence-corrected chi connectivity index (χ2v) is 5.50. The summed E-state index contributed by atoms with van der Waals surface area (Å²) in [5, 5.41) is 0. The van der Waals surface area contributed by atoms with Crippen LogP contribution >= 0.6 is 0 Å². The van der Waals surface area contributed by atoms with Crippen molar-refractivity contribution in [2.24, 2.45) is 5.41 Å². The van der Waals surface area contributed by atoms with Gasteiger partial charge in [-0.2, -0.15) is 0 Å². The zero-order chi connectivity index (χ0) is 22.0. The highest BCUT2D eigenvalue weighted by Gasteiger charge is 2.15. The van der Waals surface area contributed by atoms with Crippen molar-refractivity contribution < 1.29 is 9.59 Å². The van der Waals surface area contributed by atoms with Gasteiger partial charge >= 0.3 is 0 Å². The molecule has 0 aliphatic carbocycles. The van der Waals surface area contributed by atoms with Gasteiger partial charge in [0.05, 0.1) is 0 Å². The number of hydrogen-bond donors (Lipinski definition) is 0. The molecule has 0 aromatic heterocycles. The molecule has 0 saturated carbocycles. The molecule has 0 N–H and O–H groups in total. The lowest BCUT2D eigenvalue weighted by molar-refractivity contribution is -0.0987. The summed E-state index contributed by atoms with van der Waals surface area (Å²) in [6.07, 6.45) is 1.98. The second-order valence-electron chi connectivity index (χ2n) is 5.50. The Hall–Kier alpha value is -1.74. The van der Waals surface area contributed by atoms with Crippen molar-refractivity contribution >= 4 is 13.6 Å². The predicted molar refractivity (Wildman–Crippen MR) is 120 cm³/mol. The van der Waals surface area contributed by atoms with Crippen LogP contribution in [0.15, 0.2) is 43.0 Å². The smallest absolute Gasteiger partial charge is 0.106 e. The number of nitrogens with zero attached hydrogens (tertiary/aromatic N) is 1. The summed E-state index contributed by atoms with van der Waals surface area (Å²) in [5.74, 6) is 0. The molecule has 0 bridgehead atoms. The molecule has 0 atom stereocenters. The molecule has 0 amide bonds. The second kappa shape index (κ2) is 31.1. The van der Waals surface area contributed by atoms with E-state index in [1.165, 1.54) is 5.56 Å². The van der Waals surface area contributed by atoms with Gasteiger partial charge < -0.3 is 9.59 Å². The number of rotatable bonds is 5. The highest BCUT2D eigenvalue weighted by molar-refractivity contribution is 5.14. The van der Waals surface area contributed by atoms with Gasteiger partial charge in [0.1, 0.15) is 13.6 Å². The minimum atomic E-state index is 0.331. The van der Waals surface area contributed by atoms with Gasteiger partial charge in [-0.05, 0) is 11.0 Å². The number of benzene rings is 1. The molecule has 1 aromatic carbocycles. The van der Waals surface area contributed by atoms with E-state index < -0.39 is 0 Å². The summed E-state index contributed by atoms with van der Waals surface area (Å²) in [5.41, 5.74) is 1.70. The van der Waals surface area contributed by atoms with Crippen LogP contribution in [0.3, 0.4) is 0 Å². The van der Waals surface area contributed by atoms with E-state index in [-0.39, 0.29) is 0 Å². The topological polar surface area (TPSA) is 37.4 Å². The Morgan fingerprint density at radius 3 is 1.54 bits per heavy atom. The van der Waals surface area contributed by atoms with E-state index in [0.717, 1.165) is 19.6 Å². The monoisotopic (exact) mass is 367 g/mol. The fraction of sp³-hybridized carbons (Fsp3) is 0.565. The van der Waals surface area contributed by atoms with E-state index in [1.807, 2.05) is 61.2 Å². The van der Waals surface area contributed by atoms with Gasteiger partial charge in [-0.15, -0.1) is 6.58 Å². The average molecular weight is 368 g/mol. The Labute approximate surface area is 164 Å². The van der Waals surface area contributed by atoms with E-state index >= 15 is 0 Å². The van der Waals surface area contributed by atoms with Crippen LogP contribution in [0.5, 0.6) is 0 Å². The van der Waals surface area contributed by atoms with Gasteiger partial charge in [-0.1, -0.05) is 98.7 Å². The fourth-order valence-corrected chi connectivity index (χ4v) is 1.88. The normalized spacial score (nSPS) is 8.23. The van der Waals surface area contributed by atoms with Crippen LogP contribution in [-0.2, 0) is 16.1 Å². The van der Waals surface area contributed by atoms with Crippen molar-refractivity contribution in [3.8, 4) is 0 Å². The Morgan fingerprint density at radius 2 is 1.23 bits per heavy atom. The first-order valence-electron chi connectivity index (χ1n) is 9.46. The summed E-state index contributed by atoms with van der Waals surface area (Å²) in [7, 11) is 0. The Balaban J connectivity index is -0.000000127.